The van der Waals surface area contributed by atoms with E-state index in [1.165, 1.54) is 30.5 Å². The van der Waals surface area contributed by atoms with Gasteiger partial charge in [0.2, 0.25) is 0 Å². The Morgan fingerprint density at radius 2 is 2.05 bits per heavy atom. The minimum Gasteiger partial charge on any atom is -0.359 e. The third kappa shape index (κ3) is 4.78. The number of aromatic nitrogens is 1. The molecule has 0 amide bonds. The van der Waals surface area contributed by atoms with E-state index in [0.29, 0.717) is 0 Å². The number of rotatable bonds is 9. The number of aryl methyl sites for hydroxylation is 1. The summed E-state index contributed by atoms with van der Waals surface area (Å²) in [6.07, 6.45) is 6.20. The molecule has 20 heavy (non-hydrogen) atoms. The molecule has 0 atom stereocenters. The van der Waals surface area contributed by atoms with Gasteiger partial charge in [-0.2, -0.15) is 0 Å². The van der Waals surface area contributed by atoms with E-state index in [2.05, 4.69) is 43.2 Å². The number of nitrogens with zero attached hydrogens (tertiary/aromatic N) is 2. The first-order valence-corrected chi connectivity index (χ1v) is 8.14. The average Bonchev–Trinajstić information content (AvgIpc) is 3.23. The molecule has 1 aromatic heterocycles. The highest BCUT2D eigenvalue weighted by Gasteiger charge is 2.23. The molecule has 2 rings (SSSR count). The standard InChI is InChI=1S/C17H29N3/c1-4-6-16-10-15(12-18-9-5-2)11-17(19-16)20(3)13-14-7-8-14/h10-11,14,18H,4-9,12-13H2,1-3H3. The van der Waals surface area contributed by atoms with Gasteiger partial charge < -0.3 is 10.2 Å². The van der Waals surface area contributed by atoms with Crippen molar-refractivity contribution in [3.8, 4) is 0 Å². The molecule has 0 bridgehead atoms. The lowest BCUT2D eigenvalue weighted by atomic mass is 10.1. The van der Waals surface area contributed by atoms with E-state index >= 15 is 0 Å². The van der Waals surface area contributed by atoms with Crippen LogP contribution in [0.4, 0.5) is 5.82 Å². The Morgan fingerprint density at radius 3 is 2.70 bits per heavy atom. The fraction of sp³-hybridized carbons (Fsp3) is 0.706. The van der Waals surface area contributed by atoms with Crippen LogP contribution < -0.4 is 10.2 Å². The van der Waals surface area contributed by atoms with E-state index in [0.717, 1.165) is 44.2 Å². The second-order valence-corrected chi connectivity index (χ2v) is 6.08. The summed E-state index contributed by atoms with van der Waals surface area (Å²) in [4.78, 5) is 7.16. The fourth-order valence-electron chi connectivity index (χ4n) is 2.51. The molecule has 112 valence electrons. The van der Waals surface area contributed by atoms with E-state index < -0.39 is 0 Å². The van der Waals surface area contributed by atoms with E-state index in [1.807, 2.05) is 0 Å². The molecule has 1 heterocycles. The molecule has 0 aromatic carbocycles. The molecule has 1 aliphatic rings. The molecule has 1 N–H and O–H groups in total. The Kier molecular flexibility index (Phi) is 5.84. The summed E-state index contributed by atoms with van der Waals surface area (Å²) in [5.74, 6) is 2.05. The SMILES string of the molecule is CCCNCc1cc(CCC)nc(N(C)CC2CC2)c1. The second-order valence-electron chi connectivity index (χ2n) is 6.08. The largest absolute Gasteiger partial charge is 0.359 e. The van der Waals surface area contributed by atoms with E-state index in [-0.39, 0.29) is 0 Å². The van der Waals surface area contributed by atoms with Crippen LogP contribution in [-0.4, -0.2) is 25.1 Å². The monoisotopic (exact) mass is 275 g/mol. The van der Waals surface area contributed by atoms with Crippen LogP contribution in [0.15, 0.2) is 12.1 Å². The first kappa shape index (κ1) is 15.3. The fourth-order valence-corrected chi connectivity index (χ4v) is 2.51. The van der Waals surface area contributed by atoms with Gasteiger partial charge in [-0.25, -0.2) is 4.98 Å². The lowest BCUT2D eigenvalue weighted by Crippen LogP contribution is -2.22. The van der Waals surface area contributed by atoms with Crippen LogP contribution in [0.5, 0.6) is 0 Å². The van der Waals surface area contributed by atoms with Crippen LogP contribution >= 0.6 is 0 Å². The molecular formula is C17H29N3. The normalized spacial score (nSPS) is 14.6. The Balaban J connectivity index is 2.06. The predicted octanol–water partition coefficient (Wildman–Crippen LogP) is 3.38. The summed E-state index contributed by atoms with van der Waals surface area (Å²) in [6.45, 7) is 7.62. The summed E-state index contributed by atoms with van der Waals surface area (Å²) in [6, 6.07) is 4.52. The van der Waals surface area contributed by atoms with Gasteiger partial charge in [0.1, 0.15) is 5.82 Å². The molecule has 0 spiro atoms. The van der Waals surface area contributed by atoms with Crippen molar-refractivity contribution in [2.45, 2.75) is 52.5 Å². The average molecular weight is 275 g/mol. The zero-order valence-corrected chi connectivity index (χ0v) is 13.3. The van der Waals surface area contributed by atoms with Gasteiger partial charge >= 0.3 is 0 Å². The lowest BCUT2D eigenvalue weighted by molar-refractivity contribution is 0.672. The first-order chi connectivity index (χ1) is 9.72. The summed E-state index contributed by atoms with van der Waals surface area (Å²) >= 11 is 0. The summed E-state index contributed by atoms with van der Waals surface area (Å²) in [5, 5.41) is 3.49. The maximum Gasteiger partial charge on any atom is 0.128 e. The lowest BCUT2D eigenvalue weighted by Gasteiger charge is -2.20. The minimum atomic E-state index is 0.901. The summed E-state index contributed by atoms with van der Waals surface area (Å²) in [5.41, 5.74) is 2.61. The number of anilines is 1. The van der Waals surface area contributed by atoms with Crippen molar-refractivity contribution in [2.75, 3.05) is 25.0 Å². The molecule has 0 saturated heterocycles. The van der Waals surface area contributed by atoms with E-state index in [4.69, 9.17) is 4.98 Å². The molecular weight excluding hydrogens is 246 g/mol. The zero-order chi connectivity index (χ0) is 14.4. The summed E-state index contributed by atoms with van der Waals surface area (Å²) < 4.78 is 0. The second kappa shape index (κ2) is 7.63. The van der Waals surface area contributed by atoms with Gasteiger partial charge in [0, 0.05) is 25.8 Å². The van der Waals surface area contributed by atoms with Crippen LogP contribution in [0.25, 0.3) is 0 Å². The smallest absolute Gasteiger partial charge is 0.128 e. The van der Waals surface area contributed by atoms with Gasteiger partial charge in [-0.3, -0.25) is 0 Å². The molecule has 3 nitrogen and oxygen atoms in total. The van der Waals surface area contributed by atoms with Crippen molar-refractivity contribution < 1.29 is 0 Å². The third-order valence-corrected chi connectivity index (χ3v) is 3.81. The Morgan fingerprint density at radius 1 is 1.25 bits per heavy atom. The maximum absolute atomic E-state index is 4.83. The van der Waals surface area contributed by atoms with Crippen molar-refractivity contribution in [3.63, 3.8) is 0 Å². The molecule has 1 aromatic rings. The van der Waals surface area contributed by atoms with Gasteiger partial charge in [-0.1, -0.05) is 20.3 Å². The molecule has 0 radical (unpaired) electrons. The van der Waals surface area contributed by atoms with Gasteiger partial charge in [0.15, 0.2) is 0 Å². The predicted molar refractivity (Wildman–Crippen MR) is 86.2 cm³/mol. The minimum absolute atomic E-state index is 0.901. The van der Waals surface area contributed by atoms with Gasteiger partial charge in [0.25, 0.3) is 0 Å². The number of hydrogen-bond acceptors (Lipinski definition) is 3. The zero-order valence-electron chi connectivity index (χ0n) is 13.3. The van der Waals surface area contributed by atoms with E-state index in [1.54, 1.807) is 0 Å². The summed E-state index contributed by atoms with van der Waals surface area (Å²) in [7, 11) is 2.18. The van der Waals surface area contributed by atoms with Crippen LogP contribution in [-0.2, 0) is 13.0 Å². The number of hydrogen-bond donors (Lipinski definition) is 1. The molecule has 0 aliphatic heterocycles. The Bertz CT molecular complexity index is 413. The van der Waals surface area contributed by atoms with Gasteiger partial charge in [-0.05, 0) is 55.8 Å². The maximum atomic E-state index is 4.83. The van der Waals surface area contributed by atoms with Crippen molar-refractivity contribution in [2.24, 2.45) is 5.92 Å². The van der Waals surface area contributed by atoms with Gasteiger partial charge in [0.05, 0.1) is 0 Å². The quantitative estimate of drug-likeness (QED) is 0.700. The van der Waals surface area contributed by atoms with E-state index in [9.17, 15) is 0 Å². The number of pyridine rings is 1. The van der Waals surface area contributed by atoms with Crippen molar-refractivity contribution in [1.29, 1.82) is 0 Å². The third-order valence-electron chi connectivity index (χ3n) is 3.81. The van der Waals surface area contributed by atoms with Crippen LogP contribution in [0.1, 0.15) is 50.8 Å². The molecule has 1 fully saturated rings. The van der Waals surface area contributed by atoms with Crippen molar-refractivity contribution in [1.82, 2.24) is 10.3 Å². The topological polar surface area (TPSA) is 28.2 Å². The van der Waals surface area contributed by atoms with Crippen molar-refractivity contribution in [3.05, 3.63) is 23.4 Å². The highest BCUT2D eigenvalue weighted by Crippen LogP contribution is 2.30. The van der Waals surface area contributed by atoms with Crippen LogP contribution in [0.3, 0.4) is 0 Å². The van der Waals surface area contributed by atoms with Crippen LogP contribution in [0.2, 0.25) is 0 Å². The highest BCUT2D eigenvalue weighted by molar-refractivity contribution is 5.42. The van der Waals surface area contributed by atoms with Crippen molar-refractivity contribution >= 4 is 5.82 Å². The van der Waals surface area contributed by atoms with Crippen LogP contribution in [0, 0.1) is 5.92 Å². The van der Waals surface area contributed by atoms with Gasteiger partial charge in [-0.15, -0.1) is 0 Å². The molecule has 0 unspecified atom stereocenters. The number of nitrogens with one attached hydrogen (secondary N) is 1. The first-order valence-electron chi connectivity index (χ1n) is 8.14. The molecule has 1 aliphatic carbocycles. The Hall–Kier alpha value is -1.09. The molecule has 3 heteroatoms. The molecule has 1 saturated carbocycles. The highest BCUT2D eigenvalue weighted by atomic mass is 15.2. The Labute approximate surface area is 123 Å².